The molecule has 0 amide bonds. The summed E-state index contributed by atoms with van der Waals surface area (Å²) >= 11 is 1.80. The molecule has 2 nitrogen and oxygen atoms in total. The van der Waals surface area contributed by atoms with Gasteiger partial charge in [-0.25, -0.2) is 0 Å². The lowest BCUT2D eigenvalue weighted by Crippen LogP contribution is -2.40. The molecule has 1 N–H and O–H groups in total. The molecule has 3 heteroatoms. The van der Waals surface area contributed by atoms with E-state index < -0.39 is 0 Å². The van der Waals surface area contributed by atoms with Crippen LogP contribution in [0.15, 0.2) is 11.7 Å². The molecule has 1 aromatic heterocycles. The molecule has 3 atom stereocenters. The number of hydrogen-bond acceptors (Lipinski definition) is 3. The zero-order valence-corrected chi connectivity index (χ0v) is 12.5. The van der Waals surface area contributed by atoms with Crippen LogP contribution in [-0.2, 0) is 6.42 Å². The summed E-state index contributed by atoms with van der Waals surface area (Å²) in [4.78, 5) is 5.63. The fourth-order valence-electron chi connectivity index (χ4n) is 3.30. The van der Waals surface area contributed by atoms with Gasteiger partial charge in [0.05, 0.1) is 5.51 Å². The van der Waals surface area contributed by atoms with Gasteiger partial charge in [-0.15, -0.1) is 11.3 Å². The highest BCUT2D eigenvalue weighted by molar-refractivity contribution is 7.09. The van der Waals surface area contributed by atoms with Crippen molar-refractivity contribution >= 4 is 11.3 Å². The number of aromatic nitrogens is 1. The van der Waals surface area contributed by atoms with Crippen LogP contribution in [0, 0.1) is 11.8 Å². The minimum atomic E-state index is 0.657. The van der Waals surface area contributed by atoms with E-state index in [4.69, 9.17) is 0 Å². The largest absolute Gasteiger partial charge is 0.314 e. The van der Waals surface area contributed by atoms with E-state index in [-0.39, 0.29) is 0 Å². The number of rotatable bonds is 6. The third-order valence-electron chi connectivity index (χ3n) is 4.34. The lowest BCUT2D eigenvalue weighted by atomic mass is 9.76. The van der Waals surface area contributed by atoms with Crippen LogP contribution in [0.5, 0.6) is 0 Å². The Hall–Kier alpha value is -0.410. The first-order valence-corrected chi connectivity index (χ1v) is 8.32. The molecule has 102 valence electrons. The molecule has 2 rings (SSSR count). The van der Waals surface area contributed by atoms with E-state index in [1.807, 2.05) is 11.7 Å². The zero-order chi connectivity index (χ0) is 12.8. The molecule has 3 unspecified atom stereocenters. The minimum absolute atomic E-state index is 0.657. The van der Waals surface area contributed by atoms with Crippen LogP contribution in [0.4, 0.5) is 0 Å². The molecule has 1 aliphatic carbocycles. The maximum Gasteiger partial charge on any atom is 0.0794 e. The van der Waals surface area contributed by atoms with Gasteiger partial charge in [0.1, 0.15) is 0 Å². The van der Waals surface area contributed by atoms with Crippen LogP contribution in [0.25, 0.3) is 0 Å². The molecule has 1 aromatic rings. The molecule has 1 saturated carbocycles. The van der Waals surface area contributed by atoms with E-state index in [0.717, 1.165) is 18.4 Å². The van der Waals surface area contributed by atoms with Gasteiger partial charge in [-0.3, -0.25) is 4.98 Å². The third kappa shape index (κ3) is 3.79. The number of thiazole rings is 1. The average Bonchev–Trinajstić information content (AvgIpc) is 2.91. The van der Waals surface area contributed by atoms with Gasteiger partial charge in [0, 0.05) is 17.1 Å². The van der Waals surface area contributed by atoms with Gasteiger partial charge in [-0.05, 0) is 37.6 Å². The second kappa shape index (κ2) is 7.25. The normalized spacial score (nSPS) is 26.1. The molecule has 0 aromatic carbocycles. The molecule has 1 fully saturated rings. The molecule has 0 bridgehead atoms. The number of hydrogen-bond donors (Lipinski definition) is 1. The third-order valence-corrected chi connectivity index (χ3v) is 5.14. The Morgan fingerprint density at radius 1 is 1.44 bits per heavy atom. The minimum Gasteiger partial charge on any atom is -0.314 e. The first kappa shape index (κ1) is 14.0. The summed E-state index contributed by atoms with van der Waals surface area (Å²) in [6.45, 7) is 5.65. The molecule has 0 saturated heterocycles. The standard InChI is InChI=1S/C15H26N2S/c1-3-12-6-5-7-13(8-12)15(17-4-2)9-14-10-16-11-18-14/h10-13,15,17H,3-9H2,1-2H3. The van der Waals surface area contributed by atoms with Crippen LogP contribution >= 0.6 is 11.3 Å². The number of likely N-dealkylation sites (N-methyl/N-ethyl adjacent to an activating group) is 1. The van der Waals surface area contributed by atoms with Crippen molar-refractivity contribution in [1.82, 2.24) is 10.3 Å². The van der Waals surface area contributed by atoms with Crippen molar-refractivity contribution in [2.45, 2.75) is 58.4 Å². The Morgan fingerprint density at radius 3 is 3.00 bits per heavy atom. The average molecular weight is 266 g/mol. The molecular formula is C15H26N2S. The zero-order valence-electron chi connectivity index (χ0n) is 11.7. The van der Waals surface area contributed by atoms with Crippen LogP contribution < -0.4 is 5.32 Å². The second-order valence-electron chi connectivity index (χ2n) is 5.54. The van der Waals surface area contributed by atoms with Crippen molar-refractivity contribution in [1.29, 1.82) is 0 Å². The summed E-state index contributed by atoms with van der Waals surface area (Å²) in [6, 6.07) is 0.657. The van der Waals surface area contributed by atoms with Crippen LogP contribution in [0.1, 0.15) is 50.8 Å². The first-order chi connectivity index (χ1) is 8.83. The predicted octanol–water partition coefficient (Wildman–Crippen LogP) is 3.88. The second-order valence-corrected chi connectivity index (χ2v) is 6.51. The molecule has 0 aliphatic heterocycles. The van der Waals surface area contributed by atoms with Crippen molar-refractivity contribution in [3.63, 3.8) is 0 Å². The van der Waals surface area contributed by atoms with Gasteiger partial charge >= 0.3 is 0 Å². The molecule has 1 heterocycles. The quantitative estimate of drug-likeness (QED) is 0.845. The van der Waals surface area contributed by atoms with E-state index in [0.29, 0.717) is 6.04 Å². The van der Waals surface area contributed by atoms with Gasteiger partial charge < -0.3 is 5.32 Å². The summed E-state index contributed by atoms with van der Waals surface area (Å²) in [7, 11) is 0. The van der Waals surface area contributed by atoms with Crippen LogP contribution in [0.3, 0.4) is 0 Å². The first-order valence-electron chi connectivity index (χ1n) is 7.44. The number of nitrogens with zero attached hydrogens (tertiary/aromatic N) is 1. The highest BCUT2D eigenvalue weighted by Crippen LogP contribution is 2.34. The summed E-state index contributed by atoms with van der Waals surface area (Å²) in [5.41, 5.74) is 1.95. The Morgan fingerprint density at radius 2 is 2.33 bits per heavy atom. The van der Waals surface area contributed by atoms with E-state index in [9.17, 15) is 0 Å². The van der Waals surface area contributed by atoms with Gasteiger partial charge in [-0.1, -0.05) is 33.1 Å². The van der Waals surface area contributed by atoms with Gasteiger partial charge in [0.2, 0.25) is 0 Å². The highest BCUT2D eigenvalue weighted by atomic mass is 32.1. The van der Waals surface area contributed by atoms with Crippen molar-refractivity contribution in [3.8, 4) is 0 Å². The lowest BCUT2D eigenvalue weighted by molar-refractivity contribution is 0.209. The fraction of sp³-hybridized carbons (Fsp3) is 0.800. The lowest BCUT2D eigenvalue weighted by Gasteiger charge is -2.34. The topological polar surface area (TPSA) is 24.9 Å². The van der Waals surface area contributed by atoms with E-state index in [2.05, 4.69) is 24.1 Å². The summed E-state index contributed by atoms with van der Waals surface area (Å²) < 4.78 is 0. The van der Waals surface area contributed by atoms with Gasteiger partial charge in [0.15, 0.2) is 0 Å². The maximum atomic E-state index is 4.20. The van der Waals surface area contributed by atoms with Crippen LogP contribution in [-0.4, -0.2) is 17.6 Å². The number of nitrogens with one attached hydrogen (secondary N) is 1. The van der Waals surface area contributed by atoms with Gasteiger partial charge in [-0.2, -0.15) is 0 Å². The monoisotopic (exact) mass is 266 g/mol. The van der Waals surface area contributed by atoms with Crippen molar-refractivity contribution in [2.75, 3.05) is 6.54 Å². The molecule has 0 spiro atoms. The van der Waals surface area contributed by atoms with Gasteiger partial charge in [0.25, 0.3) is 0 Å². The maximum absolute atomic E-state index is 4.20. The van der Waals surface area contributed by atoms with Crippen molar-refractivity contribution in [3.05, 3.63) is 16.6 Å². The van der Waals surface area contributed by atoms with Crippen molar-refractivity contribution < 1.29 is 0 Å². The van der Waals surface area contributed by atoms with E-state index >= 15 is 0 Å². The predicted molar refractivity (Wildman–Crippen MR) is 79.0 cm³/mol. The van der Waals surface area contributed by atoms with Crippen LogP contribution in [0.2, 0.25) is 0 Å². The SMILES string of the molecule is CCNC(Cc1cncs1)C1CCCC(CC)C1. The Kier molecular flexibility index (Phi) is 5.64. The summed E-state index contributed by atoms with van der Waals surface area (Å²) in [5, 5.41) is 3.71. The van der Waals surface area contributed by atoms with E-state index in [1.165, 1.54) is 43.4 Å². The smallest absolute Gasteiger partial charge is 0.0794 e. The Labute approximate surface area is 115 Å². The fourth-order valence-corrected chi connectivity index (χ4v) is 3.95. The van der Waals surface area contributed by atoms with Crippen molar-refractivity contribution in [2.24, 2.45) is 11.8 Å². The highest BCUT2D eigenvalue weighted by Gasteiger charge is 2.27. The van der Waals surface area contributed by atoms with E-state index in [1.54, 1.807) is 11.3 Å². The summed E-state index contributed by atoms with van der Waals surface area (Å²) in [6.07, 6.45) is 10.3. The molecule has 18 heavy (non-hydrogen) atoms. The summed E-state index contributed by atoms with van der Waals surface area (Å²) in [5.74, 6) is 1.83. The molecule has 1 aliphatic rings. The Balaban J connectivity index is 1.95. The molecule has 0 radical (unpaired) electrons. The Bertz CT molecular complexity index is 323. The molecular weight excluding hydrogens is 240 g/mol.